The summed E-state index contributed by atoms with van der Waals surface area (Å²) in [5, 5.41) is 0. The summed E-state index contributed by atoms with van der Waals surface area (Å²) in [5.41, 5.74) is 2.71. The summed E-state index contributed by atoms with van der Waals surface area (Å²) < 4.78 is 30.3. The molecule has 0 fully saturated rings. The van der Waals surface area contributed by atoms with Gasteiger partial charge in [0.05, 0.1) is 19.3 Å². The van der Waals surface area contributed by atoms with Crippen LogP contribution in [0.2, 0.25) is 0 Å². The molecule has 3 aromatic carbocycles. The Kier molecular flexibility index (Phi) is 6.97. The van der Waals surface area contributed by atoms with Crippen molar-refractivity contribution in [1.29, 1.82) is 0 Å². The van der Waals surface area contributed by atoms with Gasteiger partial charge >= 0.3 is 7.82 Å². The topological polar surface area (TPSA) is 44.8 Å². The van der Waals surface area contributed by atoms with Crippen molar-refractivity contribution in [3.05, 3.63) is 108 Å². The lowest BCUT2D eigenvalue weighted by atomic mass is 10.1. The molecule has 27 heavy (non-hydrogen) atoms. The molecule has 0 bridgehead atoms. The SMILES string of the molecule is CC(OP(=O)(OCc1ccccc1)OCc1ccccc1)c1ccccc1. The first-order valence-electron chi connectivity index (χ1n) is 8.85. The first kappa shape index (κ1) is 19.5. The second-order valence-electron chi connectivity index (χ2n) is 6.12. The molecule has 140 valence electrons. The van der Waals surface area contributed by atoms with E-state index in [1.54, 1.807) is 0 Å². The van der Waals surface area contributed by atoms with Crippen LogP contribution < -0.4 is 0 Å². The number of benzene rings is 3. The summed E-state index contributed by atoms with van der Waals surface area (Å²) in [7, 11) is -3.77. The average molecular weight is 382 g/mol. The highest BCUT2D eigenvalue weighted by Crippen LogP contribution is 2.54. The van der Waals surface area contributed by atoms with Crippen LogP contribution in [-0.4, -0.2) is 0 Å². The Balaban J connectivity index is 1.71. The quantitative estimate of drug-likeness (QED) is 0.407. The second-order valence-corrected chi connectivity index (χ2v) is 7.75. The van der Waals surface area contributed by atoms with Gasteiger partial charge in [0.25, 0.3) is 0 Å². The van der Waals surface area contributed by atoms with Gasteiger partial charge in [-0.25, -0.2) is 4.57 Å². The van der Waals surface area contributed by atoms with Crippen LogP contribution in [0.5, 0.6) is 0 Å². The van der Waals surface area contributed by atoms with Crippen LogP contribution in [0.15, 0.2) is 91.0 Å². The summed E-state index contributed by atoms with van der Waals surface area (Å²) in [5.74, 6) is 0. The fourth-order valence-corrected chi connectivity index (χ4v) is 3.85. The lowest BCUT2D eigenvalue weighted by molar-refractivity contribution is 0.0759. The maximum Gasteiger partial charge on any atom is 0.476 e. The maximum atomic E-state index is 13.3. The van der Waals surface area contributed by atoms with Gasteiger partial charge in [0.2, 0.25) is 0 Å². The molecular weight excluding hydrogens is 359 g/mol. The standard InChI is InChI=1S/C22H23O4P/c1-19(22-15-9-4-10-16-22)26-27(23,24-17-20-11-5-2-6-12-20)25-18-21-13-7-3-8-14-21/h2-16,19H,17-18H2,1H3. The molecule has 0 N–H and O–H groups in total. The Morgan fingerprint density at radius 2 is 1.11 bits per heavy atom. The number of rotatable bonds is 9. The fourth-order valence-electron chi connectivity index (χ4n) is 2.53. The van der Waals surface area contributed by atoms with Gasteiger partial charge in [-0.05, 0) is 23.6 Å². The third kappa shape index (κ3) is 6.16. The van der Waals surface area contributed by atoms with Crippen molar-refractivity contribution in [3.63, 3.8) is 0 Å². The van der Waals surface area contributed by atoms with Crippen molar-refractivity contribution >= 4 is 7.82 Å². The van der Waals surface area contributed by atoms with Gasteiger partial charge in [0.15, 0.2) is 0 Å². The van der Waals surface area contributed by atoms with Crippen molar-refractivity contribution in [3.8, 4) is 0 Å². The van der Waals surface area contributed by atoms with E-state index in [0.717, 1.165) is 16.7 Å². The number of hydrogen-bond acceptors (Lipinski definition) is 4. The molecule has 1 unspecified atom stereocenters. The van der Waals surface area contributed by atoms with Gasteiger partial charge in [-0.1, -0.05) is 91.0 Å². The molecule has 3 rings (SSSR count). The highest BCUT2D eigenvalue weighted by atomic mass is 31.2. The minimum atomic E-state index is -3.77. The maximum absolute atomic E-state index is 13.3. The zero-order chi connectivity index (χ0) is 19.0. The zero-order valence-corrected chi connectivity index (χ0v) is 16.1. The Bertz CT molecular complexity index is 806. The molecule has 0 heterocycles. The smallest absolute Gasteiger partial charge is 0.282 e. The zero-order valence-electron chi connectivity index (χ0n) is 15.2. The van der Waals surface area contributed by atoms with Gasteiger partial charge in [0.1, 0.15) is 0 Å². The molecule has 0 saturated carbocycles. The van der Waals surface area contributed by atoms with E-state index in [4.69, 9.17) is 13.6 Å². The Morgan fingerprint density at radius 3 is 1.56 bits per heavy atom. The van der Waals surface area contributed by atoms with Crippen LogP contribution >= 0.6 is 7.82 Å². The summed E-state index contributed by atoms with van der Waals surface area (Å²) in [6.07, 6.45) is -0.427. The lowest BCUT2D eigenvalue weighted by Gasteiger charge is -2.22. The second kappa shape index (κ2) is 9.63. The van der Waals surface area contributed by atoms with Gasteiger partial charge in [-0.3, -0.25) is 13.6 Å². The minimum Gasteiger partial charge on any atom is -0.282 e. The molecule has 4 nitrogen and oxygen atoms in total. The molecule has 0 aliphatic heterocycles. The van der Waals surface area contributed by atoms with Crippen molar-refractivity contribution in [2.75, 3.05) is 0 Å². The van der Waals surface area contributed by atoms with E-state index in [0.29, 0.717) is 0 Å². The summed E-state index contributed by atoms with van der Waals surface area (Å²) in [6, 6.07) is 28.7. The van der Waals surface area contributed by atoms with Gasteiger partial charge in [0, 0.05) is 0 Å². The first-order chi connectivity index (χ1) is 13.1. The number of phosphoric ester groups is 1. The van der Waals surface area contributed by atoms with Crippen molar-refractivity contribution in [2.24, 2.45) is 0 Å². The molecule has 0 aromatic heterocycles. The average Bonchev–Trinajstić information content (AvgIpc) is 2.73. The summed E-state index contributed by atoms with van der Waals surface area (Å²) in [4.78, 5) is 0. The number of phosphoric acid groups is 1. The van der Waals surface area contributed by atoms with E-state index in [1.165, 1.54) is 0 Å². The lowest BCUT2D eigenvalue weighted by Crippen LogP contribution is -2.05. The Labute approximate surface area is 160 Å². The van der Waals surface area contributed by atoms with Crippen molar-refractivity contribution in [1.82, 2.24) is 0 Å². The van der Waals surface area contributed by atoms with E-state index >= 15 is 0 Å². The van der Waals surface area contributed by atoms with Gasteiger partial charge in [-0.15, -0.1) is 0 Å². The third-order valence-electron chi connectivity index (χ3n) is 4.02. The molecule has 1 atom stereocenters. The van der Waals surface area contributed by atoms with Crippen LogP contribution in [-0.2, 0) is 31.4 Å². The van der Waals surface area contributed by atoms with Crippen LogP contribution in [0.25, 0.3) is 0 Å². The van der Waals surface area contributed by atoms with E-state index < -0.39 is 13.9 Å². The van der Waals surface area contributed by atoms with Crippen LogP contribution in [0, 0.1) is 0 Å². The van der Waals surface area contributed by atoms with Crippen molar-refractivity contribution in [2.45, 2.75) is 26.2 Å². The summed E-state index contributed by atoms with van der Waals surface area (Å²) >= 11 is 0. The largest absolute Gasteiger partial charge is 0.476 e. The van der Waals surface area contributed by atoms with E-state index in [-0.39, 0.29) is 13.2 Å². The normalized spacial score (nSPS) is 12.6. The van der Waals surface area contributed by atoms with Gasteiger partial charge < -0.3 is 0 Å². The first-order valence-corrected chi connectivity index (χ1v) is 10.3. The highest BCUT2D eigenvalue weighted by molar-refractivity contribution is 7.48. The Morgan fingerprint density at radius 1 is 0.704 bits per heavy atom. The molecule has 3 aromatic rings. The predicted molar refractivity (Wildman–Crippen MR) is 106 cm³/mol. The molecule has 0 amide bonds. The number of hydrogen-bond donors (Lipinski definition) is 0. The third-order valence-corrected chi connectivity index (χ3v) is 5.49. The summed E-state index contributed by atoms with van der Waals surface area (Å²) in [6.45, 7) is 2.13. The van der Waals surface area contributed by atoms with E-state index in [1.807, 2.05) is 97.9 Å². The molecule has 0 aliphatic rings. The molecule has 0 saturated heterocycles. The predicted octanol–water partition coefficient (Wildman–Crippen LogP) is 6.31. The van der Waals surface area contributed by atoms with Crippen LogP contribution in [0.4, 0.5) is 0 Å². The minimum absolute atomic E-state index is 0.147. The molecule has 0 spiro atoms. The van der Waals surface area contributed by atoms with Crippen LogP contribution in [0.3, 0.4) is 0 Å². The molecule has 0 aliphatic carbocycles. The van der Waals surface area contributed by atoms with Crippen LogP contribution in [0.1, 0.15) is 29.7 Å². The fraction of sp³-hybridized carbons (Fsp3) is 0.182. The molecule has 5 heteroatoms. The van der Waals surface area contributed by atoms with Gasteiger partial charge in [-0.2, -0.15) is 0 Å². The van der Waals surface area contributed by atoms with E-state index in [2.05, 4.69) is 0 Å². The van der Waals surface area contributed by atoms with E-state index in [9.17, 15) is 4.57 Å². The Hall–Kier alpha value is -2.23. The molecular formula is C22H23O4P. The highest BCUT2D eigenvalue weighted by Gasteiger charge is 2.30. The monoisotopic (exact) mass is 382 g/mol. The van der Waals surface area contributed by atoms with Crippen molar-refractivity contribution < 1.29 is 18.1 Å². The molecule has 0 radical (unpaired) electrons.